The maximum absolute atomic E-state index is 12.4. The van der Waals surface area contributed by atoms with Crippen molar-refractivity contribution in [2.24, 2.45) is 0 Å². The van der Waals surface area contributed by atoms with Gasteiger partial charge >= 0.3 is 0 Å². The zero-order chi connectivity index (χ0) is 14.3. The largest absolute Gasteiger partial charge is 0.295 e. The fourth-order valence-electron chi connectivity index (χ4n) is 2.39. The van der Waals surface area contributed by atoms with Crippen molar-refractivity contribution in [3.63, 3.8) is 0 Å². The summed E-state index contributed by atoms with van der Waals surface area (Å²) in [5, 5.41) is 2.29. The molecule has 1 aliphatic rings. The lowest BCUT2D eigenvalue weighted by Crippen LogP contribution is -2.30. The first-order chi connectivity index (χ1) is 9.54. The first-order valence-corrected chi connectivity index (χ1v) is 7.35. The van der Waals surface area contributed by atoms with Gasteiger partial charge in [0.15, 0.2) is 0 Å². The molecular weight excluding hydrogens is 340 g/mol. The third-order valence-electron chi connectivity index (χ3n) is 3.28. The highest BCUT2D eigenvalue weighted by molar-refractivity contribution is 9.10. The quantitative estimate of drug-likeness (QED) is 0.870. The number of nitrogens with zero attached hydrogens (tertiary/aromatic N) is 1. The van der Waals surface area contributed by atoms with Gasteiger partial charge in [0.05, 0.1) is 12.2 Å². The van der Waals surface area contributed by atoms with Crippen LogP contribution in [0.15, 0.2) is 40.9 Å². The molecule has 0 atom stereocenters. The van der Waals surface area contributed by atoms with Crippen LogP contribution >= 0.6 is 27.5 Å². The van der Waals surface area contributed by atoms with Gasteiger partial charge in [-0.25, -0.2) is 5.01 Å². The zero-order valence-electron chi connectivity index (χ0n) is 10.8. The molecule has 1 amide bonds. The lowest BCUT2D eigenvalue weighted by molar-refractivity contribution is 0.0814. The first kappa shape index (κ1) is 13.5. The Morgan fingerprint density at radius 2 is 1.95 bits per heavy atom. The Bertz CT molecular complexity index is 685. The minimum atomic E-state index is -0.0000463. The highest BCUT2D eigenvalue weighted by Gasteiger charge is 2.29. The molecule has 5 heteroatoms. The summed E-state index contributed by atoms with van der Waals surface area (Å²) in [6.07, 6.45) is 0. The molecule has 3 nitrogen and oxygen atoms in total. The number of hydrogen-bond acceptors (Lipinski definition) is 2. The second-order valence-electron chi connectivity index (χ2n) is 4.77. The minimum absolute atomic E-state index is 0.0000463. The van der Waals surface area contributed by atoms with Crippen molar-refractivity contribution in [3.05, 3.63) is 62.6 Å². The lowest BCUT2D eigenvalue weighted by Gasteiger charge is -2.18. The van der Waals surface area contributed by atoms with E-state index in [2.05, 4.69) is 21.4 Å². The van der Waals surface area contributed by atoms with Gasteiger partial charge in [0, 0.05) is 15.1 Å². The summed E-state index contributed by atoms with van der Waals surface area (Å²) >= 11 is 9.32. The fourth-order valence-corrected chi connectivity index (χ4v) is 3.14. The number of fused-ring (bicyclic) bond motifs is 1. The lowest BCUT2D eigenvalue weighted by atomic mass is 10.0. The predicted octanol–water partition coefficient (Wildman–Crippen LogP) is 4.39. The van der Waals surface area contributed by atoms with Crippen molar-refractivity contribution in [1.82, 2.24) is 5.01 Å². The van der Waals surface area contributed by atoms with Crippen molar-refractivity contribution < 1.29 is 4.79 Å². The molecule has 1 N–H and O–H groups in total. The number of carbonyl (C=O) groups is 1. The number of amides is 1. The number of rotatable bonds is 2. The predicted molar refractivity (Wildman–Crippen MR) is 83.8 cm³/mol. The summed E-state index contributed by atoms with van der Waals surface area (Å²) in [6, 6.07) is 11.2. The molecular formula is C15H12BrClN2O. The molecule has 102 valence electrons. The fraction of sp³-hybridized carbons (Fsp3) is 0.133. The zero-order valence-corrected chi connectivity index (χ0v) is 13.1. The number of nitrogens with one attached hydrogen (secondary N) is 1. The molecule has 2 aromatic rings. The van der Waals surface area contributed by atoms with Crippen LogP contribution in [0.5, 0.6) is 0 Å². The molecule has 0 aromatic heterocycles. The molecule has 2 aromatic carbocycles. The summed E-state index contributed by atoms with van der Waals surface area (Å²) in [7, 11) is 0. The average Bonchev–Trinajstić information content (AvgIpc) is 2.69. The van der Waals surface area contributed by atoms with Crippen LogP contribution < -0.4 is 5.43 Å². The molecule has 0 saturated carbocycles. The Kier molecular flexibility index (Phi) is 3.44. The molecule has 0 fully saturated rings. The second-order valence-corrected chi connectivity index (χ2v) is 6.12. The van der Waals surface area contributed by atoms with E-state index in [1.54, 1.807) is 17.1 Å². The highest BCUT2D eigenvalue weighted by atomic mass is 79.9. The molecule has 0 bridgehead atoms. The highest BCUT2D eigenvalue weighted by Crippen LogP contribution is 2.29. The van der Waals surface area contributed by atoms with Gasteiger partial charge < -0.3 is 0 Å². The van der Waals surface area contributed by atoms with E-state index >= 15 is 0 Å². The van der Waals surface area contributed by atoms with Crippen LogP contribution in [0.3, 0.4) is 0 Å². The van der Waals surface area contributed by atoms with Crippen LogP contribution in [0.25, 0.3) is 0 Å². The smallest absolute Gasteiger partial charge is 0.273 e. The van der Waals surface area contributed by atoms with Gasteiger partial charge in [-0.1, -0.05) is 27.5 Å². The van der Waals surface area contributed by atoms with E-state index in [1.165, 1.54) is 0 Å². The summed E-state index contributed by atoms with van der Waals surface area (Å²) in [6.45, 7) is 2.50. The Morgan fingerprint density at radius 1 is 1.25 bits per heavy atom. The molecule has 3 rings (SSSR count). The van der Waals surface area contributed by atoms with Crippen molar-refractivity contribution >= 4 is 39.1 Å². The Labute approximate surface area is 130 Å². The van der Waals surface area contributed by atoms with Crippen LogP contribution in [0.1, 0.15) is 21.5 Å². The first-order valence-electron chi connectivity index (χ1n) is 6.18. The summed E-state index contributed by atoms with van der Waals surface area (Å²) in [4.78, 5) is 12.4. The van der Waals surface area contributed by atoms with Crippen LogP contribution in [0.4, 0.5) is 5.69 Å². The number of anilines is 1. The Hall–Kier alpha value is -1.52. The van der Waals surface area contributed by atoms with Gasteiger partial charge in [0.1, 0.15) is 0 Å². The van der Waals surface area contributed by atoms with Crippen LogP contribution in [-0.4, -0.2) is 10.9 Å². The number of halogens is 2. The summed E-state index contributed by atoms with van der Waals surface area (Å²) < 4.78 is 0.995. The molecule has 20 heavy (non-hydrogen) atoms. The average molecular weight is 352 g/mol. The summed E-state index contributed by atoms with van der Waals surface area (Å²) in [5.74, 6) is -0.0000463. The molecule has 0 unspecified atom stereocenters. The number of hydrazine groups is 1. The monoisotopic (exact) mass is 350 g/mol. The van der Waals surface area contributed by atoms with Gasteiger partial charge in [-0.2, -0.15) is 0 Å². The van der Waals surface area contributed by atoms with E-state index in [0.717, 1.165) is 26.9 Å². The number of benzene rings is 2. The molecule has 0 spiro atoms. The van der Waals surface area contributed by atoms with Crippen LogP contribution in [0, 0.1) is 6.92 Å². The second kappa shape index (κ2) is 5.11. The normalized spacial score (nSPS) is 13.6. The minimum Gasteiger partial charge on any atom is -0.295 e. The van der Waals surface area contributed by atoms with Gasteiger partial charge in [-0.3, -0.25) is 10.2 Å². The van der Waals surface area contributed by atoms with Gasteiger partial charge in [0.2, 0.25) is 0 Å². The topological polar surface area (TPSA) is 32.3 Å². The third kappa shape index (κ3) is 2.41. The van der Waals surface area contributed by atoms with E-state index in [9.17, 15) is 4.79 Å². The number of carbonyl (C=O) groups excluding carboxylic acids is 1. The molecule has 1 aliphatic heterocycles. The van der Waals surface area contributed by atoms with Crippen molar-refractivity contribution in [2.75, 3.05) is 5.43 Å². The third-order valence-corrected chi connectivity index (χ3v) is 3.99. The van der Waals surface area contributed by atoms with E-state index in [-0.39, 0.29) is 5.91 Å². The van der Waals surface area contributed by atoms with E-state index in [4.69, 9.17) is 11.6 Å². The number of aryl methyl sites for hydroxylation is 1. The molecule has 0 aliphatic carbocycles. The molecule has 1 heterocycles. The van der Waals surface area contributed by atoms with Crippen LogP contribution in [-0.2, 0) is 6.54 Å². The van der Waals surface area contributed by atoms with Crippen molar-refractivity contribution in [2.45, 2.75) is 13.5 Å². The van der Waals surface area contributed by atoms with Crippen molar-refractivity contribution in [3.8, 4) is 0 Å². The van der Waals surface area contributed by atoms with E-state index < -0.39 is 0 Å². The molecule has 0 saturated heterocycles. The standard InChI is InChI=1S/C15H12BrClN2O/c1-9-6-11(16)7-10-8-19(15(20)14(9)10)18-13-4-2-12(17)3-5-13/h2-7,18H,8H2,1H3. The van der Waals surface area contributed by atoms with E-state index in [0.29, 0.717) is 11.6 Å². The van der Waals surface area contributed by atoms with Crippen LogP contribution in [0.2, 0.25) is 5.02 Å². The Morgan fingerprint density at radius 3 is 2.65 bits per heavy atom. The Balaban J connectivity index is 1.87. The van der Waals surface area contributed by atoms with Crippen molar-refractivity contribution in [1.29, 1.82) is 0 Å². The van der Waals surface area contributed by atoms with Gasteiger partial charge in [0.25, 0.3) is 5.91 Å². The van der Waals surface area contributed by atoms with Gasteiger partial charge in [-0.15, -0.1) is 0 Å². The molecule has 0 radical (unpaired) electrons. The summed E-state index contributed by atoms with van der Waals surface area (Å²) in [5.41, 5.74) is 6.76. The SMILES string of the molecule is Cc1cc(Br)cc2c1C(=O)N(Nc1ccc(Cl)cc1)C2. The van der Waals surface area contributed by atoms with E-state index in [1.807, 2.05) is 31.2 Å². The maximum Gasteiger partial charge on any atom is 0.273 e. The van der Waals surface area contributed by atoms with Gasteiger partial charge in [-0.05, 0) is 54.4 Å². The maximum atomic E-state index is 12.4. The number of hydrogen-bond donors (Lipinski definition) is 1.